The molecule has 2 aromatic rings. The van der Waals surface area contributed by atoms with Crippen LogP contribution < -0.4 is 11.1 Å². The number of anilines is 1. The smallest absolute Gasteiger partial charge is 0.243 e. The van der Waals surface area contributed by atoms with Gasteiger partial charge in [0.1, 0.15) is 0 Å². The normalized spacial score (nSPS) is 12.6. The average Bonchev–Trinajstić information content (AvgIpc) is 2.71. The quantitative estimate of drug-likeness (QED) is 0.749. The summed E-state index contributed by atoms with van der Waals surface area (Å²) in [7, 11) is 0. The molecular formula is C12H16N4O. The van der Waals surface area contributed by atoms with E-state index in [4.69, 9.17) is 5.73 Å². The number of fused-ring (bicyclic) bond motifs is 1. The van der Waals surface area contributed by atoms with Gasteiger partial charge in [0.05, 0.1) is 17.1 Å². The number of hydrogen-bond donors (Lipinski definition) is 3. The first-order valence-electron chi connectivity index (χ1n) is 5.72. The van der Waals surface area contributed by atoms with E-state index in [1.807, 2.05) is 31.2 Å². The third-order valence-electron chi connectivity index (χ3n) is 2.57. The van der Waals surface area contributed by atoms with Crippen molar-refractivity contribution in [2.45, 2.75) is 25.8 Å². The summed E-state index contributed by atoms with van der Waals surface area (Å²) in [4.78, 5) is 19.0. The molecule has 1 heterocycles. The average molecular weight is 232 g/mol. The third kappa shape index (κ3) is 2.62. The minimum atomic E-state index is -0.479. The monoisotopic (exact) mass is 232 g/mol. The molecule has 0 bridgehead atoms. The van der Waals surface area contributed by atoms with E-state index in [0.717, 1.165) is 17.5 Å². The first kappa shape index (κ1) is 11.6. The lowest BCUT2D eigenvalue weighted by molar-refractivity contribution is -0.117. The molecule has 5 heteroatoms. The van der Waals surface area contributed by atoms with Gasteiger partial charge in [0.2, 0.25) is 11.9 Å². The van der Waals surface area contributed by atoms with Crippen molar-refractivity contribution < 1.29 is 4.79 Å². The first-order chi connectivity index (χ1) is 8.20. The van der Waals surface area contributed by atoms with Gasteiger partial charge in [-0.2, -0.15) is 0 Å². The van der Waals surface area contributed by atoms with Crippen molar-refractivity contribution >= 4 is 22.9 Å². The van der Waals surface area contributed by atoms with E-state index in [1.54, 1.807) is 0 Å². The van der Waals surface area contributed by atoms with Gasteiger partial charge >= 0.3 is 0 Å². The molecule has 1 aromatic carbocycles. The van der Waals surface area contributed by atoms with Crippen LogP contribution >= 0.6 is 0 Å². The van der Waals surface area contributed by atoms with Crippen molar-refractivity contribution in [2.24, 2.45) is 5.73 Å². The summed E-state index contributed by atoms with van der Waals surface area (Å²) in [6.45, 7) is 1.99. The Labute approximate surface area is 99.4 Å². The van der Waals surface area contributed by atoms with Crippen LogP contribution in [0.25, 0.3) is 11.0 Å². The van der Waals surface area contributed by atoms with Crippen LogP contribution in [-0.4, -0.2) is 21.9 Å². The molecule has 17 heavy (non-hydrogen) atoms. The molecule has 1 amide bonds. The van der Waals surface area contributed by atoms with E-state index >= 15 is 0 Å². The van der Waals surface area contributed by atoms with Crippen molar-refractivity contribution in [1.82, 2.24) is 9.97 Å². The van der Waals surface area contributed by atoms with Crippen LogP contribution in [0.5, 0.6) is 0 Å². The lowest BCUT2D eigenvalue weighted by Crippen LogP contribution is -2.35. The molecule has 1 aromatic heterocycles. The fraction of sp³-hybridized carbons (Fsp3) is 0.333. The number of carbonyl (C=O) groups is 1. The molecule has 0 aliphatic rings. The molecule has 0 radical (unpaired) electrons. The predicted octanol–water partition coefficient (Wildman–Crippen LogP) is 1.63. The predicted molar refractivity (Wildman–Crippen MR) is 67.6 cm³/mol. The highest BCUT2D eigenvalue weighted by Crippen LogP contribution is 2.13. The molecular weight excluding hydrogens is 216 g/mol. The minimum Gasteiger partial charge on any atom is -0.324 e. The van der Waals surface area contributed by atoms with E-state index in [1.165, 1.54) is 0 Å². The van der Waals surface area contributed by atoms with Crippen molar-refractivity contribution in [2.75, 3.05) is 5.32 Å². The summed E-state index contributed by atoms with van der Waals surface area (Å²) in [6, 6.07) is 7.12. The van der Waals surface area contributed by atoms with E-state index < -0.39 is 6.04 Å². The largest absolute Gasteiger partial charge is 0.324 e. The number of imidazole rings is 1. The Morgan fingerprint density at radius 2 is 2.29 bits per heavy atom. The molecule has 0 aliphatic carbocycles. The summed E-state index contributed by atoms with van der Waals surface area (Å²) in [5.41, 5.74) is 7.44. The number of carbonyl (C=O) groups excluding carboxylic acids is 1. The second-order valence-corrected chi connectivity index (χ2v) is 3.99. The molecule has 90 valence electrons. The van der Waals surface area contributed by atoms with Crippen molar-refractivity contribution in [1.29, 1.82) is 0 Å². The summed E-state index contributed by atoms with van der Waals surface area (Å²) in [5, 5.41) is 2.69. The number of benzene rings is 1. The van der Waals surface area contributed by atoms with Gasteiger partial charge in [-0.1, -0.05) is 25.5 Å². The zero-order valence-electron chi connectivity index (χ0n) is 9.73. The molecule has 4 N–H and O–H groups in total. The maximum absolute atomic E-state index is 11.7. The first-order valence-corrected chi connectivity index (χ1v) is 5.72. The molecule has 1 atom stereocenters. The van der Waals surface area contributed by atoms with Crippen LogP contribution in [0.4, 0.5) is 5.95 Å². The number of nitrogens with zero attached hydrogens (tertiary/aromatic N) is 1. The number of aromatic nitrogens is 2. The van der Waals surface area contributed by atoms with Crippen LogP contribution in [0.3, 0.4) is 0 Å². The minimum absolute atomic E-state index is 0.203. The number of rotatable bonds is 4. The van der Waals surface area contributed by atoms with Crippen LogP contribution in [0.2, 0.25) is 0 Å². The number of nitrogens with two attached hydrogens (primary N) is 1. The van der Waals surface area contributed by atoms with Crippen LogP contribution in [0.1, 0.15) is 19.8 Å². The Morgan fingerprint density at radius 3 is 3.00 bits per heavy atom. The lowest BCUT2D eigenvalue weighted by atomic mass is 10.2. The second kappa shape index (κ2) is 4.97. The van der Waals surface area contributed by atoms with Gasteiger partial charge in [-0.15, -0.1) is 0 Å². The van der Waals surface area contributed by atoms with Gasteiger partial charge in [-0.25, -0.2) is 4.98 Å². The molecule has 0 fully saturated rings. The van der Waals surface area contributed by atoms with Gasteiger partial charge in [0.25, 0.3) is 0 Å². The Hall–Kier alpha value is -1.88. The maximum Gasteiger partial charge on any atom is 0.243 e. The van der Waals surface area contributed by atoms with Gasteiger partial charge < -0.3 is 10.7 Å². The number of H-pyrrole nitrogens is 1. The summed E-state index contributed by atoms with van der Waals surface area (Å²) >= 11 is 0. The molecule has 0 unspecified atom stereocenters. The van der Waals surface area contributed by atoms with Gasteiger partial charge in [-0.05, 0) is 18.6 Å². The number of hydrogen-bond acceptors (Lipinski definition) is 3. The summed E-state index contributed by atoms with van der Waals surface area (Å²) in [5.74, 6) is 0.244. The van der Waals surface area contributed by atoms with E-state index in [9.17, 15) is 4.79 Å². The fourth-order valence-corrected chi connectivity index (χ4v) is 1.66. The zero-order chi connectivity index (χ0) is 12.3. The van der Waals surface area contributed by atoms with E-state index in [0.29, 0.717) is 12.4 Å². The highest BCUT2D eigenvalue weighted by molar-refractivity contribution is 5.94. The maximum atomic E-state index is 11.7. The zero-order valence-corrected chi connectivity index (χ0v) is 9.73. The SMILES string of the molecule is CCC[C@@H](N)C(=O)Nc1nc2ccccc2[nH]1. The molecule has 0 saturated carbocycles. The Kier molecular flexibility index (Phi) is 3.39. The topological polar surface area (TPSA) is 83.8 Å². The number of nitrogens with one attached hydrogen (secondary N) is 2. The Morgan fingerprint density at radius 1 is 1.53 bits per heavy atom. The Bertz CT molecular complexity index is 487. The number of amides is 1. The van der Waals surface area contributed by atoms with Gasteiger partial charge in [0, 0.05) is 0 Å². The highest BCUT2D eigenvalue weighted by Gasteiger charge is 2.13. The van der Waals surface area contributed by atoms with Crippen molar-refractivity contribution in [3.05, 3.63) is 24.3 Å². The molecule has 0 spiro atoms. The summed E-state index contributed by atoms with van der Waals surface area (Å²) < 4.78 is 0. The molecule has 5 nitrogen and oxygen atoms in total. The standard InChI is InChI=1S/C12H16N4O/c1-2-5-8(13)11(17)16-12-14-9-6-3-4-7-10(9)15-12/h3-4,6-8H,2,5,13H2,1H3,(H2,14,15,16,17)/t8-/m1/s1. The number of para-hydroxylation sites is 2. The molecule has 0 aliphatic heterocycles. The Balaban J connectivity index is 2.10. The third-order valence-corrected chi connectivity index (χ3v) is 2.57. The molecule has 2 rings (SSSR count). The van der Waals surface area contributed by atoms with Crippen molar-refractivity contribution in [3.8, 4) is 0 Å². The fourth-order valence-electron chi connectivity index (χ4n) is 1.66. The second-order valence-electron chi connectivity index (χ2n) is 3.99. The van der Waals surface area contributed by atoms with Crippen LogP contribution in [-0.2, 0) is 4.79 Å². The van der Waals surface area contributed by atoms with E-state index in [-0.39, 0.29) is 5.91 Å². The molecule has 0 saturated heterocycles. The van der Waals surface area contributed by atoms with Gasteiger partial charge in [-0.3, -0.25) is 10.1 Å². The van der Waals surface area contributed by atoms with Gasteiger partial charge in [0.15, 0.2) is 0 Å². The van der Waals surface area contributed by atoms with Crippen LogP contribution in [0.15, 0.2) is 24.3 Å². The highest BCUT2D eigenvalue weighted by atomic mass is 16.2. The van der Waals surface area contributed by atoms with Crippen molar-refractivity contribution in [3.63, 3.8) is 0 Å². The lowest BCUT2D eigenvalue weighted by Gasteiger charge is -2.08. The number of aromatic amines is 1. The van der Waals surface area contributed by atoms with Crippen LogP contribution in [0, 0.1) is 0 Å². The summed E-state index contributed by atoms with van der Waals surface area (Å²) in [6.07, 6.45) is 1.56. The van der Waals surface area contributed by atoms with E-state index in [2.05, 4.69) is 15.3 Å².